The first-order valence-corrected chi connectivity index (χ1v) is 6.54. The quantitative estimate of drug-likeness (QED) is 0.464. The molecule has 0 atom stereocenters. The van der Waals surface area contributed by atoms with E-state index in [-0.39, 0.29) is 11.3 Å². The molecule has 2 aromatic rings. The summed E-state index contributed by atoms with van der Waals surface area (Å²) in [7, 11) is -0.666. The normalized spacial score (nSPS) is 20.1. The van der Waals surface area contributed by atoms with Crippen molar-refractivity contribution >= 4 is 23.9 Å². The van der Waals surface area contributed by atoms with Crippen molar-refractivity contribution in [2.75, 3.05) is 0 Å². The molecule has 2 aromatic heterocycles. The van der Waals surface area contributed by atoms with E-state index in [1.807, 2.05) is 27.7 Å². The van der Waals surface area contributed by atoms with Gasteiger partial charge in [-0.05, 0) is 27.7 Å². The van der Waals surface area contributed by atoms with Crippen LogP contribution in [0.5, 0.6) is 0 Å². The molecule has 0 saturated carbocycles. The summed E-state index contributed by atoms with van der Waals surface area (Å²) in [5.74, 6) is 0. The Bertz CT molecular complexity index is 711. The fourth-order valence-electron chi connectivity index (χ4n) is 2.18. The van der Waals surface area contributed by atoms with E-state index in [9.17, 15) is 10.1 Å². The van der Waals surface area contributed by atoms with Crippen molar-refractivity contribution in [2.45, 2.75) is 38.9 Å². The molecule has 0 aliphatic carbocycles. The zero-order chi connectivity index (χ0) is 15.4. The summed E-state index contributed by atoms with van der Waals surface area (Å²) in [6.45, 7) is 7.72. The standard InChI is InChI=1S/C12H15BN4O4/c1-11(2)12(3,4)21-13(20-11)8-5-9(17(18)19)10-15-14-7-16(10)6-8/h5-7H,1-4H3. The lowest BCUT2D eigenvalue weighted by Crippen LogP contribution is -2.41. The molecule has 0 radical (unpaired) electrons. The highest BCUT2D eigenvalue weighted by Gasteiger charge is 2.52. The van der Waals surface area contributed by atoms with Crippen molar-refractivity contribution < 1.29 is 14.2 Å². The Morgan fingerprint density at radius 2 is 1.90 bits per heavy atom. The molecule has 0 spiro atoms. The average molecular weight is 290 g/mol. The first-order valence-electron chi connectivity index (χ1n) is 6.54. The minimum Gasteiger partial charge on any atom is -0.399 e. The summed E-state index contributed by atoms with van der Waals surface area (Å²) >= 11 is 0. The molecule has 0 aromatic carbocycles. The number of nitro groups is 1. The van der Waals surface area contributed by atoms with Gasteiger partial charge in [-0.3, -0.25) is 14.5 Å². The van der Waals surface area contributed by atoms with E-state index < -0.39 is 23.2 Å². The second-order valence-corrected chi connectivity index (χ2v) is 6.07. The highest BCUT2D eigenvalue weighted by molar-refractivity contribution is 6.62. The molecule has 1 aliphatic heterocycles. The maximum absolute atomic E-state index is 11.2. The lowest BCUT2D eigenvalue weighted by atomic mass is 9.80. The van der Waals surface area contributed by atoms with Gasteiger partial charge in [0.1, 0.15) is 6.33 Å². The van der Waals surface area contributed by atoms with Crippen molar-refractivity contribution in [2.24, 2.45) is 0 Å². The molecule has 3 heterocycles. The second kappa shape index (κ2) is 4.25. The number of fused-ring (bicyclic) bond motifs is 1. The predicted molar refractivity (Wildman–Crippen MR) is 75.4 cm³/mol. The molecule has 8 nitrogen and oxygen atoms in total. The van der Waals surface area contributed by atoms with Crippen LogP contribution in [0.4, 0.5) is 5.69 Å². The zero-order valence-electron chi connectivity index (χ0n) is 12.2. The van der Waals surface area contributed by atoms with Gasteiger partial charge in [0.2, 0.25) is 5.65 Å². The predicted octanol–water partition coefficient (Wildman–Crippen LogP) is 0.937. The van der Waals surface area contributed by atoms with Crippen LogP contribution in [0.15, 0.2) is 18.6 Å². The summed E-state index contributed by atoms with van der Waals surface area (Å²) in [5.41, 5.74) is -0.379. The average Bonchev–Trinajstić information content (AvgIpc) is 2.90. The van der Waals surface area contributed by atoms with Crippen molar-refractivity contribution in [3.8, 4) is 0 Å². The van der Waals surface area contributed by atoms with Crippen LogP contribution in [0.3, 0.4) is 0 Å². The Labute approximate surface area is 121 Å². The molecule has 1 fully saturated rings. The van der Waals surface area contributed by atoms with Crippen LogP contribution in [0.2, 0.25) is 0 Å². The lowest BCUT2D eigenvalue weighted by molar-refractivity contribution is -0.383. The number of hydrogen-bond donors (Lipinski definition) is 0. The maximum atomic E-state index is 11.2. The molecule has 0 bridgehead atoms. The third-order valence-corrected chi connectivity index (χ3v) is 4.12. The summed E-state index contributed by atoms with van der Waals surface area (Å²) in [6, 6.07) is 1.42. The van der Waals surface area contributed by atoms with E-state index in [1.54, 1.807) is 6.20 Å². The van der Waals surface area contributed by atoms with Crippen molar-refractivity contribution in [3.63, 3.8) is 0 Å². The molecule has 1 saturated heterocycles. The van der Waals surface area contributed by atoms with Crippen molar-refractivity contribution in [1.29, 1.82) is 0 Å². The van der Waals surface area contributed by atoms with Gasteiger partial charge >= 0.3 is 12.8 Å². The van der Waals surface area contributed by atoms with Crippen LogP contribution < -0.4 is 5.46 Å². The Morgan fingerprint density at radius 1 is 1.29 bits per heavy atom. The minimum atomic E-state index is -0.666. The zero-order valence-corrected chi connectivity index (χ0v) is 12.2. The molecule has 0 amide bonds. The topological polar surface area (TPSA) is 91.8 Å². The van der Waals surface area contributed by atoms with Gasteiger partial charge in [-0.1, -0.05) is 0 Å². The van der Waals surface area contributed by atoms with Gasteiger partial charge in [0, 0.05) is 17.7 Å². The molecule has 3 rings (SSSR count). The molecule has 21 heavy (non-hydrogen) atoms. The highest BCUT2D eigenvalue weighted by atomic mass is 16.7. The van der Waals surface area contributed by atoms with Gasteiger partial charge in [0.25, 0.3) is 0 Å². The van der Waals surface area contributed by atoms with Crippen LogP contribution in [0, 0.1) is 10.1 Å². The van der Waals surface area contributed by atoms with E-state index >= 15 is 0 Å². The van der Waals surface area contributed by atoms with E-state index in [1.165, 1.54) is 16.8 Å². The highest BCUT2D eigenvalue weighted by Crippen LogP contribution is 2.36. The van der Waals surface area contributed by atoms with Gasteiger partial charge in [-0.25, -0.2) is 0 Å². The fraction of sp³-hybridized carbons (Fsp3) is 0.500. The SMILES string of the molecule is CC1(C)OB(c2cc([N+](=O)[O-])c3nncn3c2)OC1(C)C. The first kappa shape index (κ1) is 14.0. The fourth-order valence-corrected chi connectivity index (χ4v) is 2.18. The van der Waals surface area contributed by atoms with E-state index in [4.69, 9.17) is 9.31 Å². The van der Waals surface area contributed by atoms with Gasteiger partial charge < -0.3 is 9.31 Å². The Balaban J connectivity index is 2.08. The van der Waals surface area contributed by atoms with Crippen LogP contribution in [0.1, 0.15) is 27.7 Å². The van der Waals surface area contributed by atoms with Crippen molar-refractivity contribution in [3.05, 3.63) is 28.7 Å². The number of pyridine rings is 1. The van der Waals surface area contributed by atoms with Crippen LogP contribution >= 0.6 is 0 Å². The number of aromatic nitrogens is 3. The molecule has 110 valence electrons. The largest absolute Gasteiger partial charge is 0.496 e. The Kier molecular flexibility index (Phi) is 2.83. The van der Waals surface area contributed by atoms with E-state index in [0.717, 1.165) is 0 Å². The maximum Gasteiger partial charge on any atom is 0.496 e. The van der Waals surface area contributed by atoms with Crippen LogP contribution in [0.25, 0.3) is 5.65 Å². The van der Waals surface area contributed by atoms with E-state index in [0.29, 0.717) is 5.46 Å². The summed E-state index contributed by atoms with van der Waals surface area (Å²) in [4.78, 5) is 10.7. The molecule has 9 heteroatoms. The van der Waals surface area contributed by atoms with Gasteiger partial charge in [0.05, 0.1) is 16.1 Å². The number of rotatable bonds is 2. The molecule has 0 N–H and O–H groups in total. The van der Waals surface area contributed by atoms with Crippen LogP contribution in [-0.2, 0) is 9.31 Å². The molecular weight excluding hydrogens is 275 g/mol. The Hall–Kier alpha value is -2.00. The third kappa shape index (κ3) is 2.09. The lowest BCUT2D eigenvalue weighted by Gasteiger charge is -2.32. The summed E-state index contributed by atoms with van der Waals surface area (Å²) in [6.07, 6.45) is 3.10. The number of nitrogens with zero attached hydrogens (tertiary/aromatic N) is 4. The second-order valence-electron chi connectivity index (χ2n) is 6.07. The minimum absolute atomic E-state index is 0.125. The van der Waals surface area contributed by atoms with Crippen LogP contribution in [-0.4, -0.2) is 37.8 Å². The molecular formula is C12H15BN4O4. The van der Waals surface area contributed by atoms with Gasteiger partial charge in [-0.15, -0.1) is 10.2 Å². The van der Waals surface area contributed by atoms with Crippen molar-refractivity contribution in [1.82, 2.24) is 14.6 Å². The summed E-state index contributed by atoms with van der Waals surface area (Å²) < 4.78 is 13.3. The number of hydrogen-bond acceptors (Lipinski definition) is 6. The smallest absolute Gasteiger partial charge is 0.399 e. The Morgan fingerprint density at radius 3 is 2.48 bits per heavy atom. The molecule has 1 aliphatic rings. The van der Waals surface area contributed by atoms with E-state index in [2.05, 4.69) is 10.2 Å². The molecule has 0 unspecified atom stereocenters. The third-order valence-electron chi connectivity index (χ3n) is 4.12. The first-order chi connectivity index (χ1) is 9.71. The monoisotopic (exact) mass is 290 g/mol. The van der Waals surface area contributed by atoms with Gasteiger partial charge in [0.15, 0.2) is 0 Å². The summed E-state index contributed by atoms with van der Waals surface area (Å²) in [5, 5.41) is 18.6. The van der Waals surface area contributed by atoms with Gasteiger partial charge in [-0.2, -0.15) is 0 Å².